The van der Waals surface area contributed by atoms with Gasteiger partial charge in [0.1, 0.15) is 11.6 Å². The van der Waals surface area contributed by atoms with Crippen LogP contribution in [0.15, 0.2) is 18.2 Å². The number of rotatable bonds is 5. The SMILES string of the molecule is CC(C)(CCBr)NC(=O)Cc1ccc(F)cc1F. The lowest BCUT2D eigenvalue weighted by Crippen LogP contribution is -2.44. The van der Waals surface area contributed by atoms with Crippen molar-refractivity contribution in [3.8, 4) is 0 Å². The summed E-state index contributed by atoms with van der Waals surface area (Å²) in [6.45, 7) is 3.79. The first kappa shape index (κ1) is 15.1. The molecular weight excluding hydrogens is 304 g/mol. The quantitative estimate of drug-likeness (QED) is 0.830. The highest BCUT2D eigenvalue weighted by Crippen LogP contribution is 2.13. The second kappa shape index (κ2) is 6.27. The number of carbonyl (C=O) groups is 1. The van der Waals surface area contributed by atoms with Crippen molar-refractivity contribution in [2.24, 2.45) is 0 Å². The van der Waals surface area contributed by atoms with Crippen LogP contribution in [0.5, 0.6) is 0 Å². The summed E-state index contributed by atoms with van der Waals surface area (Å²) in [6, 6.07) is 3.23. The minimum absolute atomic E-state index is 0.0855. The van der Waals surface area contributed by atoms with Crippen LogP contribution < -0.4 is 5.32 Å². The van der Waals surface area contributed by atoms with Gasteiger partial charge in [0.05, 0.1) is 6.42 Å². The maximum absolute atomic E-state index is 13.4. The molecule has 0 aliphatic carbocycles. The Morgan fingerprint density at radius 1 is 1.39 bits per heavy atom. The average Bonchev–Trinajstić information content (AvgIpc) is 2.21. The van der Waals surface area contributed by atoms with Crippen molar-refractivity contribution in [1.82, 2.24) is 5.32 Å². The molecule has 18 heavy (non-hydrogen) atoms. The molecule has 1 rings (SSSR count). The molecule has 1 aromatic rings. The normalized spacial score (nSPS) is 11.4. The fraction of sp³-hybridized carbons (Fsp3) is 0.462. The Labute approximate surface area is 114 Å². The first-order chi connectivity index (χ1) is 8.34. The number of alkyl halides is 1. The van der Waals surface area contributed by atoms with E-state index < -0.39 is 11.6 Å². The largest absolute Gasteiger partial charge is 0.351 e. The first-order valence-electron chi connectivity index (χ1n) is 5.65. The van der Waals surface area contributed by atoms with Gasteiger partial charge in [0, 0.05) is 16.9 Å². The Balaban J connectivity index is 2.65. The van der Waals surface area contributed by atoms with Gasteiger partial charge in [-0.15, -0.1) is 0 Å². The lowest BCUT2D eigenvalue weighted by atomic mass is 10.0. The standard InChI is InChI=1S/C13H16BrF2NO/c1-13(2,5-6-14)17-12(18)7-9-3-4-10(15)8-11(9)16/h3-4,8H,5-7H2,1-2H3,(H,17,18). The predicted octanol–water partition coefficient (Wildman–Crippen LogP) is 3.19. The van der Waals surface area contributed by atoms with Gasteiger partial charge < -0.3 is 5.32 Å². The van der Waals surface area contributed by atoms with Gasteiger partial charge in [-0.2, -0.15) is 0 Å². The van der Waals surface area contributed by atoms with Crippen LogP contribution in [-0.4, -0.2) is 16.8 Å². The minimum Gasteiger partial charge on any atom is -0.351 e. The highest BCUT2D eigenvalue weighted by Gasteiger charge is 2.20. The number of halogens is 3. The predicted molar refractivity (Wildman–Crippen MR) is 70.7 cm³/mol. The Kier molecular flexibility index (Phi) is 5.26. The number of benzene rings is 1. The lowest BCUT2D eigenvalue weighted by molar-refractivity contribution is -0.122. The molecule has 1 N–H and O–H groups in total. The molecule has 0 heterocycles. The van der Waals surface area contributed by atoms with Crippen LogP contribution in [0, 0.1) is 11.6 Å². The minimum atomic E-state index is -0.691. The Hall–Kier alpha value is -0.970. The number of hydrogen-bond donors (Lipinski definition) is 1. The molecule has 1 aromatic carbocycles. The van der Waals surface area contributed by atoms with E-state index in [2.05, 4.69) is 21.2 Å². The van der Waals surface area contributed by atoms with Crippen molar-refractivity contribution in [2.75, 3.05) is 5.33 Å². The van der Waals surface area contributed by atoms with E-state index in [0.29, 0.717) is 0 Å². The van der Waals surface area contributed by atoms with E-state index in [1.54, 1.807) is 0 Å². The van der Waals surface area contributed by atoms with Gasteiger partial charge in [-0.3, -0.25) is 4.79 Å². The van der Waals surface area contributed by atoms with E-state index >= 15 is 0 Å². The van der Waals surface area contributed by atoms with Crippen molar-refractivity contribution in [2.45, 2.75) is 32.2 Å². The fourth-order valence-electron chi connectivity index (χ4n) is 1.56. The summed E-state index contributed by atoms with van der Waals surface area (Å²) < 4.78 is 26.1. The first-order valence-corrected chi connectivity index (χ1v) is 6.77. The molecule has 0 saturated heterocycles. The van der Waals surface area contributed by atoms with Gasteiger partial charge in [0.25, 0.3) is 0 Å². The summed E-state index contributed by atoms with van der Waals surface area (Å²) in [5.74, 6) is -1.61. The molecule has 0 aromatic heterocycles. The smallest absolute Gasteiger partial charge is 0.224 e. The molecule has 0 aliphatic rings. The van der Waals surface area contributed by atoms with Crippen molar-refractivity contribution in [3.05, 3.63) is 35.4 Å². The third kappa shape index (κ3) is 4.72. The Morgan fingerprint density at radius 2 is 2.06 bits per heavy atom. The second-order valence-corrected chi connectivity index (χ2v) is 5.58. The van der Waals surface area contributed by atoms with Crippen LogP contribution in [0.1, 0.15) is 25.8 Å². The van der Waals surface area contributed by atoms with E-state index in [1.807, 2.05) is 13.8 Å². The molecule has 0 fully saturated rings. The topological polar surface area (TPSA) is 29.1 Å². The van der Waals surface area contributed by atoms with Crippen molar-refractivity contribution >= 4 is 21.8 Å². The summed E-state index contributed by atoms with van der Waals surface area (Å²) in [7, 11) is 0. The van der Waals surface area contributed by atoms with Crippen molar-refractivity contribution in [3.63, 3.8) is 0 Å². The third-order valence-electron chi connectivity index (χ3n) is 2.56. The highest BCUT2D eigenvalue weighted by molar-refractivity contribution is 9.09. The molecule has 100 valence electrons. The zero-order chi connectivity index (χ0) is 13.8. The van der Waals surface area contributed by atoms with E-state index in [9.17, 15) is 13.6 Å². The molecular formula is C13H16BrF2NO. The van der Waals surface area contributed by atoms with Crippen LogP contribution in [0.3, 0.4) is 0 Å². The maximum atomic E-state index is 13.4. The van der Waals surface area contributed by atoms with E-state index in [1.165, 1.54) is 6.07 Å². The zero-order valence-electron chi connectivity index (χ0n) is 10.4. The van der Waals surface area contributed by atoms with Crippen LogP contribution in [0.2, 0.25) is 0 Å². The molecule has 0 saturated carbocycles. The number of nitrogens with one attached hydrogen (secondary N) is 1. The van der Waals surface area contributed by atoms with Gasteiger partial charge in [-0.05, 0) is 31.9 Å². The van der Waals surface area contributed by atoms with Crippen LogP contribution in [-0.2, 0) is 11.2 Å². The second-order valence-electron chi connectivity index (χ2n) is 4.78. The summed E-state index contributed by atoms with van der Waals surface area (Å²) in [4.78, 5) is 11.8. The van der Waals surface area contributed by atoms with Crippen molar-refractivity contribution in [1.29, 1.82) is 0 Å². The number of carbonyl (C=O) groups excluding carboxylic acids is 1. The average molecular weight is 320 g/mol. The van der Waals surface area contributed by atoms with Gasteiger partial charge >= 0.3 is 0 Å². The maximum Gasteiger partial charge on any atom is 0.224 e. The van der Waals surface area contributed by atoms with Crippen molar-refractivity contribution < 1.29 is 13.6 Å². The van der Waals surface area contributed by atoms with Gasteiger partial charge in [-0.25, -0.2) is 8.78 Å². The van der Waals surface area contributed by atoms with Crippen LogP contribution >= 0.6 is 15.9 Å². The number of hydrogen-bond acceptors (Lipinski definition) is 1. The molecule has 0 spiro atoms. The molecule has 1 amide bonds. The molecule has 5 heteroatoms. The van der Waals surface area contributed by atoms with Gasteiger partial charge in [-0.1, -0.05) is 22.0 Å². The number of amides is 1. The van der Waals surface area contributed by atoms with Crippen LogP contribution in [0.4, 0.5) is 8.78 Å². The molecule has 0 bridgehead atoms. The van der Waals surface area contributed by atoms with Crippen LogP contribution in [0.25, 0.3) is 0 Å². The monoisotopic (exact) mass is 319 g/mol. The lowest BCUT2D eigenvalue weighted by Gasteiger charge is -2.25. The summed E-state index contributed by atoms with van der Waals surface area (Å²) in [5.41, 5.74) is -0.152. The summed E-state index contributed by atoms with van der Waals surface area (Å²) in [5, 5.41) is 3.59. The van der Waals surface area contributed by atoms with Gasteiger partial charge in [0.15, 0.2) is 0 Å². The summed E-state index contributed by atoms with van der Waals surface area (Å²) in [6.07, 6.45) is 0.683. The fourth-order valence-corrected chi connectivity index (χ4v) is 2.55. The van der Waals surface area contributed by atoms with E-state index in [4.69, 9.17) is 0 Å². The molecule has 0 atom stereocenters. The molecule has 2 nitrogen and oxygen atoms in total. The zero-order valence-corrected chi connectivity index (χ0v) is 12.0. The third-order valence-corrected chi connectivity index (χ3v) is 2.96. The van der Waals surface area contributed by atoms with E-state index in [-0.39, 0.29) is 23.4 Å². The molecule has 0 aliphatic heterocycles. The van der Waals surface area contributed by atoms with E-state index in [0.717, 1.165) is 23.9 Å². The Bertz CT molecular complexity index is 435. The van der Waals surface area contributed by atoms with Gasteiger partial charge in [0.2, 0.25) is 5.91 Å². The highest BCUT2D eigenvalue weighted by atomic mass is 79.9. The Morgan fingerprint density at radius 3 is 2.61 bits per heavy atom. The summed E-state index contributed by atoms with van der Waals surface area (Å²) >= 11 is 3.31. The molecule has 0 unspecified atom stereocenters. The molecule has 0 radical (unpaired) electrons.